The van der Waals surface area contributed by atoms with Crippen LogP contribution in [-0.4, -0.2) is 4.98 Å². The Hall–Kier alpha value is -0.730. The molecule has 0 aliphatic heterocycles. The third kappa shape index (κ3) is 3.86. The molecule has 0 spiro atoms. The molecule has 3 nitrogen and oxygen atoms in total. The molecule has 1 aromatic heterocycles. The molecular formula is C6H9N3S2. The quantitative estimate of drug-likeness (QED) is 0.541. The maximum absolute atomic E-state index is 8.18. The van der Waals surface area contributed by atoms with E-state index in [0.29, 0.717) is 5.13 Å². The minimum absolute atomic E-state index is 0.507. The predicted octanol–water partition coefficient (Wildman–Crippen LogP) is 2.32. The van der Waals surface area contributed by atoms with Crippen molar-refractivity contribution in [1.29, 1.82) is 5.26 Å². The van der Waals surface area contributed by atoms with E-state index < -0.39 is 0 Å². The molecule has 0 saturated heterocycles. The lowest BCUT2D eigenvalue weighted by atomic mass is 11.0. The minimum Gasteiger partial charge on any atom is -0.375 e. The second kappa shape index (κ2) is 6.01. The van der Waals surface area contributed by atoms with Crippen molar-refractivity contribution in [2.45, 2.75) is 18.1 Å². The summed E-state index contributed by atoms with van der Waals surface area (Å²) in [6.07, 6.45) is 1.59. The summed E-state index contributed by atoms with van der Waals surface area (Å²) < 4.78 is 0.843. The van der Waals surface area contributed by atoms with E-state index in [2.05, 4.69) is 4.98 Å². The summed E-state index contributed by atoms with van der Waals surface area (Å²) in [7, 11) is 0. The predicted molar refractivity (Wildman–Crippen MR) is 49.3 cm³/mol. The van der Waals surface area contributed by atoms with E-state index in [0.717, 1.165) is 16.0 Å². The van der Waals surface area contributed by atoms with Gasteiger partial charge in [0.25, 0.3) is 0 Å². The van der Waals surface area contributed by atoms with Crippen LogP contribution in [0.4, 0.5) is 5.13 Å². The summed E-state index contributed by atoms with van der Waals surface area (Å²) in [4.78, 5) is 3.76. The first kappa shape index (κ1) is 10.3. The van der Waals surface area contributed by atoms with Gasteiger partial charge in [-0.15, -0.1) is 0 Å². The first-order valence-corrected chi connectivity index (χ1v) is 4.73. The number of thiazole rings is 1. The van der Waals surface area contributed by atoms with Crippen LogP contribution in [0.25, 0.3) is 0 Å². The number of nitriles is 1. The normalized spacial score (nSPS) is 7.73. The molecule has 60 valence electrons. The Morgan fingerprint density at radius 1 is 1.73 bits per heavy atom. The van der Waals surface area contributed by atoms with E-state index in [9.17, 15) is 0 Å². The number of thiocyanates is 1. The van der Waals surface area contributed by atoms with Crippen LogP contribution in [0.15, 0.2) is 10.4 Å². The van der Waals surface area contributed by atoms with Gasteiger partial charge in [-0.3, -0.25) is 0 Å². The fourth-order valence-corrected chi connectivity index (χ4v) is 1.51. The lowest BCUT2D eigenvalue weighted by Crippen LogP contribution is -1.77. The van der Waals surface area contributed by atoms with Crippen LogP contribution in [0, 0.1) is 10.7 Å². The minimum atomic E-state index is 0.507. The van der Waals surface area contributed by atoms with E-state index in [1.54, 1.807) is 6.20 Å². The second-order valence-corrected chi connectivity index (χ2v) is 3.36. The van der Waals surface area contributed by atoms with Crippen LogP contribution in [0.5, 0.6) is 0 Å². The monoisotopic (exact) mass is 187 g/mol. The fourth-order valence-electron chi connectivity index (χ4n) is 0.364. The molecule has 0 aromatic carbocycles. The molecule has 5 heteroatoms. The highest BCUT2D eigenvalue weighted by atomic mass is 32.2. The second-order valence-electron chi connectivity index (χ2n) is 1.21. The van der Waals surface area contributed by atoms with Gasteiger partial charge in [0.2, 0.25) is 0 Å². The van der Waals surface area contributed by atoms with Gasteiger partial charge >= 0.3 is 0 Å². The topological polar surface area (TPSA) is 62.7 Å². The number of rotatable bonds is 1. The average Bonchev–Trinajstić information content (AvgIpc) is 2.41. The van der Waals surface area contributed by atoms with Gasteiger partial charge in [-0.2, -0.15) is 5.26 Å². The number of anilines is 1. The highest BCUT2D eigenvalue weighted by Gasteiger charge is 1.95. The molecule has 0 fully saturated rings. The third-order valence-corrected chi connectivity index (χ3v) is 2.17. The molecule has 0 radical (unpaired) electrons. The Kier molecular flexibility index (Phi) is 5.61. The van der Waals surface area contributed by atoms with Crippen LogP contribution in [0.3, 0.4) is 0 Å². The molecule has 11 heavy (non-hydrogen) atoms. The zero-order chi connectivity index (χ0) is 8.69. The molecule has 0 unspecified atom stereocenters. The van der Waals surface area contributed by atoms with Crippen molar-refractivity contribution in [3.05, 3.63) is 6.20 Å². The number of nitrogens with zero attached hydrogens (tertiary/aromatic N) is 2. The Labute approximate surface area is 74.2 Å². The van der Waals surface area contributed by atoms with E-state index in [4.69, 9.17) is 11.0 Å². The van der Waals surface area contributed by atoms with Gasteiger partial charge in [-0.05, 0) is 0 Å². The molecule has 1 rings (SSSR count). The van der Waals surface area contributed by atoms with Crippen LogP contribution in [0.1, 0.15) is 13.8 Å². The van der Waals surface area contributed by atoms with Gasteiger partial charge in [0, 0.05) is 11.8 Å². The number of hydrogen-bond acceptors (Lipinski definition) is 5. The summed E-state index contributed by atoms with van der Waals surface area (Å²) in [6, 6.07) is 0. The zero-order valence-electron chi connectivity index (χ0n) is 6.37. The van der Waals surface area contributed by atoms with Gasteiger partial charge < -0.3 is 5.73 Å². The maximum Gasteiger partial charge on any atom is 0.181 e. The van der Waals surface area contributed by atoms with Gasteiger partial charge in [-0.1, -0.05) is 25.2 Å². The molecule has 1 aromatic rings. The number of thioether (sulfide) groups is 1. The van der Waals surface area contributed by atoms with E-state index in [1.165, 1.54) is 11.3 Å². The highest BCUT2D eigenvalue weighted by Crippen LogP contribution is 2.24. The van der Waals surface area contributed by atoms with Crippen molar-refractivity contribution < 1.29 is 0 Å². The number of nitrogen functional groups attached to an aromatic ring is 1. The molecule has 0 amide bonds. The molecule has 1 heterocycles. The lowest BCUT2D eigenvalue weighted by molar-refractivity contribution is 1.38. The number of aromatic nitrogens is 1. The molecule has 0 atom stereocenters. The third-order valence-electron chi connectivity index (χ3n) is 0.649. The van der Waals surface area contributed by atoms with Crippen molar-refractivity contribution >= 4 is 28.2 Å². The van der Waals surface area contributed by atoms with E-state index in [1.807, 2.05) is 19.2 Å². The summed E-state index contributed by atoms with van der Waals surface area (Å²) >= 11 is 2.40. The van der Waals surface area contributed by atoms with Crippen molar-refractivity contribution in [1.82, 2.24) is 4.98 Å². The van der Waals surface area contributed by atoms with Gasteiger partial charge in [0.15, 0.2) is 5.13 Å². The number of nitrogens with two attached hydrogens (primary N) is 1. The van der Waals surface area contributed by atoms with E-state index >= 15 is 0 Å². The lowest BCUT2D eigenvalue weighted by Gasteiger charge is -1.75. The molecule has 2 N–H and O–H groups in total. The summed E-state index contributed by atoms with van der Waals surface area (Å²) in [5.74, 6) is 0. The summed E-state index contributed by atoms with van der Waals surface area (Å²) in [5.41, 5.74) is 5.29. The van der Waals surface area contributed by atoms with Crippen molar-refractivity contribution in [2.75, 3.05) is 5.73 Å². The van der Waals surface area contributed by atoms with Gasteiger partial charge in [0.1, 0.15) is 5.40 Å². The van der Waals surface area contributed by atoms with Crippen molar-refractivity contribution in [3.63, 3.8) is 0 Å². The molecular weight excluding hydrogens is 178 g/mol. The van der Waals surface area contributed by atoms with Crippen LogP contribution in [-0.2, 0) is 0 Å². The Morgan fingerprint density at radius 2 is 2.36 bits per heavy atom. The van der Waals surface area contributed by atoms with Gasteiger partial charge in [-0.25, -0.2) is 4.98 Å². The summed E-state index contributed by atoms with van der Waals surface area (Å²) in [6.45, 7) is 4.00. The first-order valence-electron chi connectivity index (χ1n) is 3.10. The van der Waals surface area contributed by atoms with Crippen LogP contribution < -0.4 is 5.73 Å². The Bertz CT molecular complexity index is 238. The summed E-state index contributed by atoms with van der Waals surface area (Å²) in [5, 5.41) is 10.6. The standard InChI is InChI=1S/C4H3N3S2.C2H6/c5-2-8-3-1-7-4(6)9-3;1-2/h1H,(H2,6,7);1-2H3. The average molecular weight is 187 g/mol. The van der Waals surface area contributed by atoms with Crippen molar-refractivity contribution in [2.24, 2.45) is 0 Å². The van der Waals surface area contributed by atoms with Gasteiger partial charge in [0.05, 0.1) is 10.4 Å². The molecule has 0 aliphatic carbocycles. The van der Waals surface area contributed by atoms with Crippen LogP contribution in [0.2, 0.25) is 0 Å². The zero-order valence-corrected chi connectivity index (χ0v) is 8.00. The fraction of sp³-hybridized carbons (Fsp3) is 0.333. The number of hydrogen-bond donors (Lipinski definition) is 1. The smallest absolute Gasteiger partial charge is 0.181 e. The largest absolute Gasteiger partial charge is 0.375 e. The molecule has 0 saturated carbocycles. The Morgan fingerprint density at radius 3 is 2.73 bits per heavy atom. The molecule has 0 bridgehead atoms. The van der Waals surface area contributed by atoms with Crippen molar-refractivity contribution in [3.8, 4) is 5.40 Å². The Balaban J connectivity index is 0.000000461. The first-order chi connectivity index (χ1) is 5.33. The maximum atomic E-state index is 8.18. The SMILES string of the molecule is CC.N#CSc1cnc(N)s1. The highest BCUT2D eigenvalue weighted by molar-refractivity contribution is 8.05. The van der Waals surface area contributed by atoms with Crippen LogP contribution >= 0.6 is 23.1 Å². The van der Waals surface area contributed by atoms with E-state index in [-0.39, 0.29) is 0 Å². The molecule has 0 aliphatic rings.